The van der Waals surface area contributed by atoms with Crippen LogP contribution in [0.4, 0.5) is 28.8 Å². The van der Waals surface area contributed by atoms with Crippen molar-refractivity contribution in [3.63, 3.8) is 0 Å². The van der Waals surface area contributed by atoms with Crippen molar-refractivity contribution in [2.45, 2.75) is 0 Å². The Morgan fingerprint density at radius 3 is 2.52 bits per heavy atom. The topological polar surface area (TPSA) is 105 Å². The average Bonchev–Trinajstić information content (AvgIpc) is 2.76. The molecule has 0 unspecified atom stereocenters. The van der Waals surface area contributed by atoms with Crippen LogP contribution in [0.5, 0.6) is 5.75 Å². The number of benzene rings is 2. The number of hydrogen-bond donors (Lipinski definition) is 3. The highest BCUT2D eigenvalue weighted by molar-refractivity contribution is 7.70. The number of hydrogen-bond acceptors (Lipinski definition) is 7. The summed E-state index contributed by atoms with van der Waals surface area (Å²) in [5.74, 6) is 0.523. The van der Waals surface area contributed by atoms with E-state index >= 15 is 0 Å². The van der Waals surface area contributed by atoms with E-state index in [-0.39, 0.29) is 16.0 Å². The van der Waals surface area contributed by atoms with Crippen molar-refractivity contribution in [2.24, 2.45) is 0 Å². The number of amides is 1. The van der Waals surface area contributed by atoms with Gasteiger partial charge in [-0.15, -0.1) is 0 Å². The standard InChI is InChI=1S/C22H22Cl2N5O3P/c1-13(23)21(30)26-14-9-10-18(32-2)17(11-14)28-22-25-12-15(24)20(29-22)27-16-7-5-6-8-19(16)33(3,4)31/h5-12H,1H2,2-4H3,(H,26,30)(H2,25,27,28,29). The highest BCUT2D eigenvalue weighted by Gasteiger charge is 2.17. The smallest absolute Gasteiger partial charge is 0.266 e. The third kappa shape index (κ3) is 6.26. The molecule has 1 heterocycles. The fraction of sp³-hybridized carbons (Fsp3) is 0.136. The number of para-hydroxylation sites is 1. The lowest BCUT2D eigenvalue weighted by Crippen LogP contribution is -2.11. The summed E-state index contributed by atoms with van der Waals surface area (Å²) in [6.45, 7) is 6.79. The molecule has 11 heteroatoms. The molecule has 0 fully saturated rings. The van der Waals surface area contributed by atoms with Crippen molar-refractivity contribution in [3.8, 4) is 5.75 Å². The second-order valence-electron chi connectivity index (χ2n) is 7.28. The van der Waals surface area contributed by atoms with Crippen molar-refractivity contribution in [3.05, 3.63) is 65.3 Å². The van der Waals surface area contributed by atoms with Gasteiger partial charge in [-0.3, -0.25) is 4.79 Å². The molecule has 3 N–H and O–H groups in total. The number of aromatic nitrogens is 2. The Kier molecular flexibility index (Phi) is 7.64. The zero-order valence-electron chi connectivity index (χ0n) is 18.1. The van der Waals surface area contributed by atoms with E-state index in [0.717, 1.165) is 0 Å². The summed E-state index contributed by atoms with van der Waals surface area (Å²) >= 11 is 11.9. The molecular weight excluding hydrogens is 484 g/mol. The van der Waals surface area contributed by atoms with Gasteiger partial charge in [0.15, 0.2) is 5.82 Å². The number of methoxy groups -OCH3 is 1. The van der Waals surface area contributed by atoms with Gasteiger partial charge in [-0.05, 0) is 43.7 Å². The number of halogens is 2. The summed E-state index contributed by atoms with van der Waals surface area (Å²) in [6, 6.07) is 12.2. The predicted molar refractivity (Wildman–Crippen MR) is 136 cm³/mol. The molecule has 0 bridgehead atoms. The maximum atomic E-state index is 12.7. The van der Waals surface area contributed by atoms with Crippen LogP contribution >= 0.6 is 30.3 Å². The lowest BCUT2D eigenvalue weighted by Gasteiger charge is -2.16. The summed E-state index contributed by atoms with van der Waals surface area (Å²) in [5, 5.41) is 9.65. The highest BCUT2D eigenvalue weighted by Crippen LogP contribution is 2.39. The van der Waals surface area contributed by atoms with Gasteiger partial charge in [-0.25, -0.2) is 4.98 Å². The van der Waals surface area contributed by atoms with Crippen LogP contribution in [0.15, 0.2) is 60.3 Å². The SMILES string of the molecule is C=C(Cl)C(=O)Nc1ccc(OC)c(Nc2ncc(Cl)c(Nc3ccccc3P(C)(C)=O)n2)c1. The largest absolute Gasteiger partial charge is 0.495 e. The zero-order chi connectivity index (χ0) is 24.2. The normalized spacial score (nSPS) is 10.9. The highest BCUT2D eigenvalue weighted by atomic mass is 35.5. The fourth-order valence-electron chi connectivity index (χ4n) is 2.89. The minimum Gasteiger partial charge on any atom is -0.495 e. The predicted octanol–water partition coefficient (Wildman–Crippen LogP) is 5.56. The second kappa shape index (κ2) is 10.3. The molecular formula is C22H22Cl2N5O3P. The summed E-state index contributed by atoms with van der Waals surface area (Å²) in [6.07, 6.45) is 1.44. The number of rotatable bonds is 8. The van der Waals surface area contributed by atoms with Crippen LogP contribution in [0, 0.1) is 0 Å². The second-order valence-corrected chi connectivity index (χ2v) is 11.3. The first kappa shape index (κ1) is 24.6. The van der Waals surface area contributed by atoms with Crippen molar-refractivity contribution < 1.29 is 14.1 Å². The summed E-state index contributed by atoms with van der Waals surface area (Å²) < 4.78 is 18.0. The molecule has 3 rings (SSSR count). The number of carbonyl (C=O) groups excluding carboxylic acids is 1. The Labute approximate surface area is 201 Å². The molecule has 0 spiro atoms. The summed E-state index contributed by atoms with van der Waals surface area (Å²) in [5.41, 5.74) is 1.60. The minimum absolute atomic E-state index is 0.138. The molecule has 0 radical (unpaired) electrons. The van der Waals surface area contributed by atoms with Crippen molar-refractivity contribution in [1.82, 2.24) is 9.97 Å². The lowest BCUT2D eigenvalue weighted by atomic mass is 10.2. The van der Waals surface area contributed by atoms with E-state index in [9.17, 15) is 9.36 Å². The fourth-order valence-corrected chi connectivity index (χ4v) is 4.24. The van der Waals surface area contributed by atoms with E-state index in [1.807, 2.05) is 12.1 Å². The third-order valence-corrected chi connectivity index (χ3v) is 6.43. The number of nitrogens with one attached hydrogen (secondary N) is 3. The first-order valence-electron chi connectivity index (χ1n) is 9.63. The Balaban J connectivity index is 1.91. The molecule has 0 saturated carbocycles. The van der Waals surface area contributed by atoms with Gasteiger partial charge in [0.05, 0.1) is 29.7 Å². The Morgan fingerprint density at radius 2 is 1.85 bits per heavy atom. The van der Waals surface area contributed by atoms with Gasteiger partial charge in [0.1, 0.15) is 17.9 Å². The third-order valence-electron chi connectivity index (χ3n) is 4.43. The molecule has 33 heavy (non-hydrogen) atoms. The molecule has 2 aromatic carbocycles. The molecule has 1 amide bonds. The van der Waals surface area contributed by atoms with E-state index in [2.05, 4.69) is 32.5 Å². The Hall–Kier alpha value is -3.06. The van der Waals surface area contributed by atoms with Crippen LogP contribution in [0.3, 0.4) is 0 Å². The minimum atomic E-state index is -2.54. The first-order chi connectivity index (χ1) is 15.6. The summed E-state index contributed by atoms with van der Waals surface area (Å²) in [7, 11) is -1.03. The number of nitrogens with zero attached hydrogens (tertiary/aromatic N) is 2. The maximum absolute atomic E-state index is 12.7. The molecule has 0 atom stereocenters. The zero-order valence-corrected chi connectivity index (χ0v) is 20.6. The molecule has 3 aromatic rings. The van der Waals surface area contributed by atoms with E-state index in [1.54, 1.807) is 43.7 Å². The molecule has 0 saturated heterocycles. The summed E-state index contributed by atoms with van der Waals surface area (Å²) in [4.78, 5) is 20.5. The van der Waals surface area contributed by atoms with Crippen LogP contribution < -0.4 is 26.0 Å². The average molecular weight is 506 g/mol. The molecule has 0 aliphatic rings. The molecule has 8 nitrogen and oxygen atoms in total. The first-order valence-corrected chi connectivity index (χ1v) is 13.0. The van der Waals surface area contributed by atoms with Crippen LogP contribution in [0.2, 0.25) is 5.02 Å². The van der Waals surface area contributed by atoms with Crippen LogP contribution in [-0.2, 0) is 9.36 Å². The molecule has 0 aliphatic carbocycles. The van der Waals surface area contributed by atoms with E-state index in [0.29, 0.717) is 33.9 Å². The van der Waals surface area contributed by atoms with Gasteiger partial charge in [0, 0.05) is 11.0 Å². The monoisotopic (exact) mass is 505 g/mol. The maximum Gasteiger partial charge on any atom is 0.266 e. The quantitative estimate of drug-likeness (QED) is 0.271. The number of ether oxygens (including phenoxy) is 1. The van der Waals surface area contributed by atoms with Gasteiger partial charge in [-0.2, -0.15) is 4.98 Å². The number of anilines is 5. The van der Waals surface area contributed by atoms with E-state index in [1.165, 1.54) is 13.3 Å². The van der Waals surface area contributed by atoms with Crippen LogP contribution in [0.25, 0.3) is 0 Å². The van der Waals surface area contributed by atoms with Gasteiger partial charge in [0.2, 0.25) is 5.95 Å². The van der Waals surface area contributed by atoms with Crippen molar-refractivity contribution in [2.75, 3.05) is 36.4 Å². The molecule has 0 aliphatic heterocycles. The lowest BCUT2D eigenvalue weighted by molar-refractivity contribution is -0.112. The van der Waals surface area contributed by atoms with Gasteiger partial charge >= 0.3 is 0 Å². The van der Waals surface area contributed by atoms with Crippen LogP contribution in [-0.4, -0.2) is 36.3 Å². The van der Waals surface area contributed by atoms with Gasteiger partial charge in [0.25, 0.3) is 5.91 Å². The van der Waals surface area contributed by atoms with Gasteiger partial charge in [-0.1, -0.05) is 41.9 Å². The van der Waals surface area contributed by atoms with E-state index < -0.39 is 13.0 Å². The van der Waals surface area contributed by atoms with Crippen LogP contribution in [0.1, 0.15) is 0 Å². The van der Waals surface area contributed by atoms with Crippen molar-refractivity contribution >= 4 is 70.4 Å². The molecule has 172 valence electrons. The molecule has 1 aromatic heterocycles. The van der Waals surface area contributed by atoms with Crippen molar-refractivity contribution in [1.29, 1.82) is 0 Å². The van der Waals surface area contributed by atoms with Gasteiger partial charge < -0.3 is 25.3 Å². The number of carbonyl (C=O) groups is 1. The van der Waals surface area contributed by atoms with E-state index in [4.69, 9.17) is 27.9 Å². The Bertz CT molecular complexity index is 1260. The Morgan fingerprint density at radius 1 is 1.12 bits per heavy atom.